The smallest absolute Gasteiger partial charge is 0.137 e. The highest BCUT2D eigenvalue weighted by molar-refractivity contribution is 9.10. The van der Waals surface area contributed by atoms with Gasteiger partial charge in [-0.1, -0.05) is 29.3 Å². The van der Waals surface area contributed by atoms with Crippen molar-refractivity contribution in [2.75, 3.05) is 5.32 Å². The number of rotatable bonds is 3. The van der Waals surface area contributed by atoms with Gasteiger partial charge >= 0.3 is 0 Å². The fourth-order valence-corrected chi connectivity index (χ4v) is 2.57. The molecule has 0 saturated heterocycles. The zero-order valence-electron chi connectivity index (χ0n) is 9.48. The Morgan fingerprint density at radius 2 is 1.68 bits per heavy atom. The third-order valence-corrected chi connectivity index (χ3v) is 3.66. The first kappa shape index (κ1) is 14.6. The van der Waals surface area contributed by atoms with Crippen LogP contribution < -0.4 is 5.32 Å². The monoisotopic (exact) mass is 365 g/mol. The van der Waals surface area contributed by atoms with Crippen molar-refractivity contribution in [3.05, 3.63) is 62.0 Å². The minimum absolute atomic E-state index is 0.200. The molecule has 6 heteroatoms. The van der Waals surface area contributed by atoms with E-state index in [1.54, 1.807) is 12.1 Å². The van der Waals surface area contributed by atoms with E-state index in [9.17, 15) is 8.78 Å². The van der Waals surface area contributed by atoms with Crippen molar-refractivity contribution < 1.29 is 8.78 Å². The van der Waals surface area contributed by atoms with Gasteiger partial charge in [0.2, 0.25) is 0 Å². The van der Waals surface area contributed by atoms with Crippen LogP contribution in [0.25, 0.3) is 0 Å². The van der Waals surface area contributed by atoms with Gasteiger partial charge in [0, 0.05) is 6.54 Å². The minimum atomic E-state index is -0.495. The fourth-order valence-electron chi connectivity index (χ4n) is 1.55. The zero-order chi connectivity index (χ0) is 14.0. The maximum absolute atomic E-state index is 13.1. The predicted octanol–water partition coefficient (Wildman–Crippen LogP) is 5.65. The SMILES string of the molecule is Fc1cc(Cl)c(NCc2ccc(F)c(Br)c2)c(Cl)c1. The van der Waals surface area contributed by atoms with Gasteiger partial charge in [0.25, 0.3) is 0 Å². The van der Waals surface area contributed by atoms with Gasteiger partial charge in [-0.15, -0.1) is 0 Å². The normalized spacial score (nSPS) is 10.6. The predicted molar refractivity (Wildman–Crippen MR) is 77.8 cm³/mol. The summed E-state index contributed by atoms with van der Waals surface area (Å²) in [4.78, 5) is 0. The summed E-state index contributed by atoms with van der Waals surface area (Å²) < 4.78 is 26.5. The van der Waals surface area contributed by atoms with Gasteiger partial charge < -0.3 is 5.32 Å². The van der Waals surface area contributed by atoms with E-state index >= 15 is 0 Å². The number of nitrogens with one attached hydrogen (secondary N) is 1. The average Bonchev–Trinajstić information content (AvgIpc) is 2.32. The fraction of sp³-hybridized carbons (Fsp3) is 0.0769. The Labute approximate surface area is 127 Å². The molecule has 0 aromatic heterocycles. The van der Waals surface area contributed by atoms with Gasteiger partial charge in [0.15, 0.2) is 0 Å². The Morgan fingerprint density at radius 1 is 1.05 bits per heavy atom. The van der Waals surface area contributed by atoms with Gasteiger partial charge in [-0.25, -0.2) is 8.78 Å². The maximum Gasteiger partial charge on any atom is 0.137 e. The summed E-state index contributed by atoms with van der Waals surface area (Å²) >= 11 is 14.9. The van der Waals surface area contributed by atoms with E-state index < -0.39 is 5.82 Å². The molecule has 0 saturated carbocycles. The number of benzene rings is 2. The van der Waals surface area contributed by atoms with Crippen LogP contribution in [0.5, 0.6) is 0 Å². The highest BCUT2D eigenvalue weighted by Gasteiger charge is 2.08. The molecule has 0 bridgehead atoms. The Hall–Kier alpha value is -0.840. The molecule has 0 aliphatic rings. The van der Waals surface area contributed by atoms with Gasteiger partial charge in [-0.05, 0) is 45.8 Å². The van der Waals surface area contributed by atoms with Crippen LogP contribution in [-0.2, 0) is 6.54 Å². The molecule has 2 rings (SSSR count). The van der Waals surface area contributed by atoms with Gasteiger partial charge in [0.1, 0.15) is 11.6 Å². The van der Waals surface area contributed by atoms with Crippen molar-refractivity contribution >= 4 is 44.8 Å². The van der Waals surface area contributed by atoms with E-state index in [-0.39, 0.29) is 15.9 Å². The van der Waals surface area contributed by atoms with E-state index in [1.165, 1.54) is 18.2 Å². The molecular formula is C13H8BrCl2F2N. The highest BCUT2D eigenvalue weighted by atomic mass is 79.9. The molecule has 1 nitrogen and oxygen atoms in total. The lowest BCUT2D eigenvalue weighted by Gasteiger charge is -2.11. The first-order valence-electron chi connectivity index (χ1n) is 5.29. The summed E-state index contributed by atoms with van der Waals surface area (Å²) in [7, 11) is 0. The maximum atomic E-state index is 13.1. The number of anilines is 1. The van der Waals surface area contributed by atoms with Crippen molar-refractivity contribution in [1.29, 1.82) is 0 Å². The molecule has 100 valence electrons. The van der Waals surface area contributed by atoms with Crippen LogP contribution in [0.2, 0.25) is 10.0 Å². The molecule has 0 fully saturated rings. The number of hydrogen-bond acceptors (Lipinski definition) is 1. The van der Waals surface area contributed by atoms with E-state index in [0.29, 0.717) is 16.7 Å². The second-order valence-corrected chi connectivity index (χ2v) is 5.52. The van der Waals surface area contributed by atoms with Crippen molar-refractivity contribution in [2.24, 2.45) is 0 Å². The van der Waals surface area contributed by atoms with Crippen molar-refractivity contribution in [3.63, 3.8) is 0 Å². The molecule has 2 aromatic rings. The third kappa shape index (κ3) is 3.59. The van der Waals surface area contributed by atoms with Crippen LogP contribution in [0.15, 0.2) is 34.8 Å². The minimum Gasteiger partial charge on any atom is -0.379 e. The van der Waals surface area contributed by atoms with Gasteiger partial charge in [-0.2, -0.15) is 0 Å². The second kappa shape index (κ2) is 6.07. The summed E-state index contributed by atoms with van der Waals surface area (Å²) in [5.74, 6) is -0.827. The molecule has 0 radical (unpaired) electrons. The molecular weight excluding hydrogens is 359 g/mol. The zero-order valence-corrected chi connectivity index (χ0v) is 12.6. The Balaban J connectivity index is 2.16. The lowest BCUT2D eigenvalue weighted by Crippen LogP contribution is -2.01. The summed E-state index contributed by atoms with van der Waals surface area (Å²) in [6.07, 6.45) is 0. The van der Waals surface area contributed by atoms with E-state index in [1.807, 2.05) is 0 Å². The van der Waals surface area contributed by atoms with Crippen LogP contribution in [-0.4, -0.2) is 0 Å². The Kier molecular flexibility index (Phi) is 4.66. The lowest BCUT2D eigenvalue weighted by atomic mass is 10.2. The van der Waals surface area contributed by atoms with Crippen LogP contribution in [0.3, 0.4) is 0 Å². The molecule has 0 aliphatic carbocycles. The first-order valence-corrected chi connectivity index (χ1v) is 6.84. The summed E-state index contributed by atoms with van der Waals surface area (Å²) in [5.41, 5.74) is 1.29. The van der Waals surface area contributed by atoms with Crippen LogP contribution in [0.1, 0.15) is 5.56 Å². The molecule has 19 heavy (non-hydrogen) atoms. The molecule has 0 spiro atoms. The van der Waals surface area contributed by atoms with Gasteiger partial charge in [0.05, 0.1) is 20.2 Å². The molecule has 0 heterocycles. The molecule has 0 amide bonds. The lowest BCUT2D eigenvalue weighted by molar-refractivity contribution is 0.620. The standard InChI is InChI=1S/C13H8BrCl2F2N/c14-9-3-7(1-2-12(9)18)6-19-13-10(15)4-8(17)5-11(13)16/h1-5,19H,6H2. The van der Waals surface area contributed by atoms with Crippen LogP contribution in [0.4, 0.5) is 14.5 Å². The number of hydrogen-bond donors (Lipinski definition) is 1. The van der Waals surface area contributed by atoms with Crippen molar-refractivity contribution in [1.82, 2.24) is 0 Å². The second-order valence-electron chi connectivity index (χ2n) is 3.85. The van der Waals surface area contributed by atoms with Crippen molar-refractivity contribution in [2.45, 2.75) is 6.54 Å². The largest absolute Gasteiger partial charge is 0.379 e. The molecule has 0 atom stereocenters. The molecule has 0 aliphatic heterocycles. The van der Waals surface area contributed by atoms with E-state index in [0.717, 1.165) is 5.56 Å². The van der Waals surface area contributed by atoms with Gasteiger partial charge in [-0.3, -0.25) is 0 Å². The third-order valence-electron chi connectivity index (χ3n) is 2.46. The molecule has 1 N–H and O–H groups in total. The Morgan fingerprint density at radius 3 is 2.26 bits per heavy atom. The van der Waals surface area contributed by atoms with E-state index in [2.05, 4.69) is 21.2 Å². The van der Waals surface area contributed by atoms with Crippen molar-refractivity contribution in [3.8, 4) is 0 Å². The molecule has 0 unspecified atom stereocenters. The Bertz CT molecular complexity index is 597. The summed E-state index contributed by atoms with van der Waals surface area (Å²) in [6.45, 7) is 0.393. The topological polar surface area (TPSA) is 12.0 Å². The number of halogens is 5. The average molecular weight is 367 g/mol. The van der Waals surface area contributed by atoms with E-state index in [4.69, 9.17) is 23.2 Å². The summed E-state index contributed by atoms with van der Waals surface area (Å²) in [6, 6.07) is 6.99. The molecule has 2 aromatic carbocycles. The summed E-state index contributed by atoms with van der Waals surface area (Å²) in [5, 5.41) is 3.40. The van der Waals surface area contributed by atoms with Crippen LogP contribution in [0, 0.1) is 11.6 Å². The first-order chi connectivity index (χ1) is 8.97. The quantitative estimate of drug-likeness (QED) is 0.740. The van der Waals surface area contributed by atoms with Crippen LogP contribution >= 0.6 is 39.1 Å². The highest BCUT2D eigenvalue weighted by Crippen LogP contribution is 2.31.